The van der Waals surface area contributed by atoms with Crippen LogP contribution in [0, 0.1) is 11.8 Å². The van der Waals surface area contributed by atoms with Gasteiger partial charge < -0.3 is 30.7 Å². The minimum absolute atomic E-state index is 0.0555. The fraction of sp³-hybridized carbons (Fsp3) is 0.892. The number of carbonyl (C=O) groups is 4. The van der Waals surface area contributed by atoms with Gasteiger partial charge in [0.2, 0.25) is 17.7 Å². The highest BCUT2D eigenvalue weighted by atomic mass is 31.2. The average molecular weight is 734 g/mol. The van der Waals surface area contributed by atoms with E-state index >= 15 is 0 Å². The number of nitrogens with one attached hydrogen (secondary N) is 3. The van der Waals surface area contributed by atoms with Crippen molar-refractivity contribution in [3.05, 3.63) is 0 Å². The topological polar surface area (TPSA) is 180 Å². The largest absolute Gasteiger partial charge is 0.472 e. The molecule has 50 heavy (non-hydrogen) atoms. The molecule has 13 heteroatoms. The van der Waals surface area contributed by atoms with Crippen LogP contribution < -0.4 is 16.0 Å². The van der Waals surface area contributed by atoms with Crippen LogP contribution in [0.15, 0.2) is 0 Å². The van der Waals surface area contributed by atoms with Crippen LogP contribution in [-0.4, -0.2) is 72.0 Å². The van der Waals surface area contributed by atoms with E-state index < -0.39 is 20.0 Å². The summed E-state index contributed by atoms with van der Waals surface area (Å²) in [7, 11) is -4.17. The van der Waals surface area contributed by atoms with Crippen molar-refractivity contribution in [2.75, 3.05) is 26.3 Å². The van der Waals surface area contributed by atoms with E-state index in [4.69, 9.17) is 9.05 Å². The Morgan fingerprint density at radius 2 is 1.16 bits per heavy atom. The monoisotopic (exact) mass is 734 g/mol. The van der Waals surface area contributed by atoms with Crippen LogP contribution in [0.4, 0.5) is 0 Å². The molecule has 0 aliphatic rings. The van der Waals surface area contributed by atoms with Crippen LogP contribution in [0.1, 0.15) is 163 Å². The number of hydrogen-bond acceptors (Lipinski definition) is 8. The molecule has 294 valence electrons. The molecule has 0 aromatic heterocycles. The fourth-order valence-electron chi connectivity index (χ4n) is 5.44. The van der Waals surface area contributed by atoms with Crippen LogP contribution in [0.25, 0.3) is 0 Å². The zero-order valence-corrected chi connectivity index (χ0v) is 32.9. The standard InChI is InChI=1S/C37H72N3O9P/c1-30(2)36(44)40-34(37(45)39-27-20-18-23-33(28-41)29-48-50(46,47)49-31(3)4)24-19-21-26-38-35(43)25-17-15-13-11-9-7-6-8-10-12-14-16-22-32(5)42/h30-31,33-34,41H,6-29H2,1-5H3,(H,38,43)(H,39,45)(H,40,44)(H,46,47)/t33?,34-/m0/s1. The highest BCUT2D eigenvalue weighted by Gasteiger charge is 2.25. The molecule has 0 spiro atoms. The van der Waals surface area contributed by atoms with Gasteiger partial charge in [0.25, 0.3) is 0 Å². The summed E-state index contributed by atoms with van der Waals surface area (Å²) in [6.07, 6.45) is 18.5. The first-order valence-electron chi connectivity index (χ1n) is 19.4. The van der Waals surface area contributed by atoms with Gasteiger partial charge in [0.05, 0.1) is 12.7 Å². The molecule has 0 aliphatic heterocycles. The molecule has 0 rings (SSSR count). The van der Waals surface area contributed by atoms with Gasteiger partial charge in [-0.15, -0.1) is 0 Å². The highest BCUT2D eigenvalue weighted by Crippen LogP contribution is 2.45. The highest BCUT2D eigenvalue weighted by molar-refractivity contribution is 7.47. The number of hydrogen-bond donors (Lipinski definition) is 5. The third-order valence-corrected chi connectivity index (χ3v) is 9.66. The number of rotatable bonds is 34. The van der Waals surface area contributed by atoms with Crippen molar-refractivity contribution in [1.82, 2.24) is 16.0 Å². The van der Waals surface area contributed by atoms with Crippen molar-refractivity contribution in [1.29, 1.82) is 0 Å². The molecule has 5 N–H and O–H groups in total. The minimum atomic E-state index is -4.17. The normalized spacial score (nSPS) is 13.9. The Balaban J connectivity index is 4.12. The Morgan fingerprint density at radius 3 is 1.66 bits per heavy atom. The molecule has 0 heterocycles. The smallest absolute Gasteiger partial charge is 0.396 e. The lowest BCUT2D eigenvalue weighted by molar-refractivity contribution is -0.130. The van der Waals surface area contributed by atoms with Crippen LogP contribution in [0.3, 0.4) is 0 Å². The Bertz CT molecular complexity index is 964. The SMILES string of the molecule is CC(=O)CCCCCCCCCCCCCCC(=O)NCCCC[C@H](NC(=O)C(C)C)C(=O)NCCCCC(CO)COP(=O)(O)OC(C)C. The van der Waals surface area contributed by atoms with Gasteiger partial charge in [-0.05, 0) is 65.7 Å². The minimum Gasteiger partial charge on any atom is -0.396 e. The second-order valence-electron chi connectivity index (χ2n) is 14.3. The number of ketones is 1. The Hall–Kier alpha value is -1.85. The second kappa shape index (κ2) is 30.7. The van der Waals surface area contributed by atoms with E-state index in [0.29, 0.717) is 63.8 Å². The summed E-state index contributed by atoms with van der Waals surface area (Å²) in [5, 5.41) is 18.3. The van der Waals surface area contributed by atoms with Crippen molar-refractivity contribution in [2.24, 2.45) is 11.8 Å². The molecule has 0 aromatic rings. The maximum atomic E-state index is 12.9. The Labute approximate surface area is 303 Å². The van der Waals surface area contributed by atoms with Gasteiger partial charge in [-0.3, -0.25) is 23.4 Å². The first-order valence-corrected chi connectivity index (χ1v) is 20.9. The molecule has 0 fully saturated rings. The molecule has 2 unspecified atom stereocenters. The van der Waals surface area contributed by atoms with Crippen molar-refractivity contribution >= 4 is 31.3 Å². The van der Waals surface area contributed by atoms with Gasteiger partial charge >= 0.3 is 7.82 Å². The zero-order valence-electron chi connectivity index (χ0n) is 32.0. The second-order valence-corrected chi connectivity index (χ2v) is 15.7. The van der Waals surface area contributed by atoms with E-state index in [9.17, 15) is 33.7 Å². The van der Waals surface area contributed by atoms with E-state index in [2.05, 4.69) is 16.0 Å². The molecular weight excluding hydrogens is 661 g/mol. The maximum Gasteiger partial charge on any atom is 0.472 e. The van der Waals surface area contributed by atoms with Crippen LogP contribution in [-0.2, 0) is 32.8 Å². The average Bonchev–Trinajstić information content (AvgIpc) is 3.04. The lowest BCUT2D eigenvalue weighted by Crippen LogP contribution is -2.48. The number of unbranched alkanes of at least 4 members (excludes halogenated alkanes) is 13. The van der Waals surface area contributed by atoms with Crippen molar-refractivity contribution < 1.29 is 42.8 Å². The van der Waals surface area contributed by atoms with Gasteiger partial charge in [-0.2, -0.15) is 0 Å². The Kier molecular flexibility index (Phi) is 29.6. The predicted octanol–water partition coefficient (Wildman–Crippen LogP) is 6.90. The molecule has 0 saturated heterocycles. The maximum absolute atomic E-state index is 12.9. The van der Waals surface area contributed by atoms with E-state index in [1.165, 1.54) is 44.9 Å². The lowest BCUT2D eigenvalue weighted by atomic mass is 10.0. The van der Waals surface area contributed by atoms with Crippen LogP contribution in [0.2, 0.25) is 0 Å². The first-order chi connectivity index (χ1) is 23.8. The molecule has 12 nitrogen and oxygen atoms in total. The van der Waals surface area contributed by atoms with Crippen molar-refractivity contribution in [3.63, 3.8) is 0 Å². The summed E-state index contributed by atoms with van der Waals surface area (Å²) in [5.41, 5.74) is 0. The molecule has 0 aromatic carbocycles. The van der Waals surface area contributed by atoms with Gasteiger partial charge in [0.1, 0.15) is 11.8 Å². The van der Waals surface area contributed by atoms with Gasteiger partial charge in [0, 0.05) is 44.4 Å². The van der Waals surface area contributed by atoms with Crippen molar-refractivity contribution in [3.8, 4) is 0 Å². The van der Waals surface area contributed by atoms with Gasteiger partial charge in [-0.25, -0.2) is 4.57 Å². The summed E-state index contributed by atoms with van der Waals surface area (Å²) in [6, 6.07) is -0.664. The number of phosphoric ester groups is 1. The summed E-state index contributed by atoms with van der Waals surface area (Å²) < 4.78 is 21.7. The number of amides is 3. The summed E-state index contributed by atoms with van der Waals surface area (Å²) in [4.78, 5) is 58.2. The molecule has 0 aliphatic carbocycles. The third kappa shape index (κ3) is 29.8. The first kappa shape index (κ1) is 48.1. The quantitative estimate of drug-likeness (QED) is 0.0347. The zero-order chi connectivity index (χ0) is 37.6. The summed E-state index contributed by atoms with van der Waals surface area (Å²) in [5.74, 6) is -0.694. The van der Waals surface area contributed by atoms with Gasteiger partial charge in [0.15, 0.2) is 0 Å². The molecule has 3 amide bonds. The summed E-state index contributed by atoms with van der Waals surface area (Å²) >= 11 is 0. The van der Waals surface area contributed by atoms with Gasteiger partial charge in [-0.1, -0.05) is 84.5 Å². The number of phosphoric acid groups is 1. The van der Waals surface area contributed by atoms with E-state index in [0.717, 1.165) is 38.5 Å². The van der Waals surface area contributed by atoms with Crippen LogP contribution >= 0.6 is 7.82 Å². The molecule has 0 bridgehead atoms. The van der Waals surface area contributed by atoms with E-state index in [1.54, 1.807) is 34.6 Å². The molecule has 0 radical (unpaired) electrons. The summed E-state index contributed by atoms with van der Waals surface area (Å²) in [6.45, 7) is 9.07. The molecule has 0 saturated carbocycles. The lowest BCUT2D eigenvalue weighted by Gasteiger charge is -2.20. The number of aliphatic hydroxyl groups is 1. The number of carbonyl (C=O) groups excluding carboxylic acids is 4. The van der Waals surface area contributed by atoms with Crippen LogP contribution in [0.5, 0.6) is 0 Å². The van der Waals surface area contributed by atoms with Crippen molar-refractivity contribution in [2.45, 2.75) is 175 Å². The fourth-order valence-corrected chi connectivity index (χ4v) is 6.43. The molecular formula is C37H72N3O9P. The third-order valence-electron chi connectivity index (χ3n) is 8.50. The van der Waals surface area contributed by atoms with E-state index in [1.807, 2.05) is 0 Å². The number of Topliss-reactive ketones (excluding diaryl/α,β-unsaturated/α-hetero) is 1. The molecule has 3 atom stereocenters. The number of aliphatic hydroxyl groups excluding tert-OH is 1. The predicted molar refractivity (Wildman–Crippen MR) is 198 cm³/mol. The Morgan fingerprint density at radius 1 is 0.660 bits per heavy atom. The van der Waals surface area contributed by atoms with E-state index in [-0.39, 0.29) is 42.8 Å².